The Balaban J connectivity index is 1.29. The van der Waals surface area contributed by atoms with Gasteiger partial charge in [0.2, 0.25) is 5.91 Å². The van der Waals surface area contributed by atoms with Gasteiger partial charge in [0.1, 0.15) is 42.6 Å². The molecule has 5 rings (SSSR count). The average molecular weight is 509 g/mol. The van der Waals surface area contributed by atoms with E-state index in [-0.39, 0.29) is 18.6 Å². The largest absolute Gasteiger partial charge is 0.489 e. The zero-order valence-corrected chi connectivity index (χ0v) is 20.9. The Labute approximate surface area is 220 Å². The Morgan fingerprint density at radius 1 is 1.13 bits per heavy atom. The summed E-state index contributed by atoms with van der Waals surface area (Å²) in [5.41, 5.74) is 8.36. The number of hydrogen-bond donors (Lipinski definition) is 1. The van der Waals surface area contributed by atoms with Crippen molar-refractivity contribution in [3.05, 3.63) is 84.8 Å². The maximum Gasteiger partial charge on any atom is 0.246 e. The monoisotopic (exact) mass is 508 g/mol. The van der Waals surface area contributed by atoms with Crippen LogP contribution in [0.5, 0.6) is 11.5 Å². The summed E-state index contributed by atoms with van der Waals surface area (Å²) in [6.45, 7) is 5.44. The van der Waals surface area contributed by atoms with Crippen molar-refractivity contribution in [2.45, 2.75) is 25.5 Å². The van der Waals surface area contributed by atoms with Gasteiger partial charge >= 0.3 is 0 Å². The number of carbonyl (C=O) groups excluding carboxylic acids is 1. The van der Waals surface area contributed by atoms with Crippen LogP contribution in [0.2, 0.25) is 0 Å². The molecule has 0 radical (unpaired) electrons. The number of nitrogens with zero attached hydrogens (tertiary/aromatic N) is 5. The highest BCUT2D eigenvalue weighted by Crippen LogP contribution is 2.28. The number of hydrogen-bond acceptors (Lipinski definition) is 7. The Morgan fingerprint density at radius 3 is 2.76 bits per heavy atom. The Kier molecular flexibility index (Phi) is 7.50. The van der Waals surface area contributed by atoms with E-state index in [0.717, 1.165) is 18.4 Å². The van der Waals surface area contributed by atoms with Crippen molar-refractivity contribution >= 4 is 22.8 Å². The smallest absolute Gasteiger partial charge is 0.246 e. The summed E-state index contributed by atoms with van der Waals surface area (Å²) < 4.78 is 13.5. The first-order valence-corrected chi connectivity index (χ1v) is 12.4. The number of nitrogens with two attached hydrogens (primary N) is 1. The molecule has 2 N–H and O–H groups in total. The maximum atomic E-state index is 12.2. The van der Waals surface area contributed by atoms with Gasteiger partial charge < -0.3 is 20.1 Å². The zero-order valence-electron chi connectivity index (χ0n) is 20.9. The number of carbonyl (C=O) groups is 1. The molecule has 1 amide bonds. The lowest BCUT2D eigenvalue weighted by atomic mass is 10.1. The molecule has 9 heteroatoms. The number of nitrogen functional groups attached to an aromatic ring is 1. The molecule has 0 spiro atoms. The molecule has 2 aromatic heterocycles. The molecule has 0 unspecified atom stereocenters. The SMILES string of the molecule is C=CC(=O)N1CCC[C@@H](n2nc(C#CCOc3cccc(OCc4ccccc4)c3)c3c(N)ncnc32)C1. The minimum atomic E-state index is -0.0907. The van der Waals surface area contributed by atoms with Crippen LogP contribution in [-0.2, 0) is 11.4 Å². The normalized spacial score (nSPS) is 14.9. The number of ether oxygens (including phenoxy) is 2. The van der Waals surface area contributed by atoms with Crippen molar-refractivity contribution in [1.82, 2.24) is 24.6 Å². The van der Waals surface area contributed by atoms with Gasteiger partial charge in [-0.15, -0.1) is 0 Å². The average Bonchev–Trinajstić information content (AvgIpc) is 3.34. The van der Waals surface area contributed by atoms with Crippen LogP contribution in [0.25, 0.3) is 11.0 Å². The van der Waals surface area contributed by atoms with E-state index in [1.807, 2.05) is 59.3 Å². The second-order valence-corrected chi connectivity index (χ2v) is 8.87. The lowest BCUT2D eigenvalue weighted by Crippen LogP contribution is -2.40. The lowest BCUT2D eigenvalue weighted by Gasteiger charge is -2.32. The van der Waals surface area contributed by atoms with Crippen molar-refractivity contribution in [3.63, 3.8) is 0 Å². The standard InChI is InChI=1S/C29H28N6O3/c1-2-26(36)34-15-7-11-22(18-34)35-29-27(28(30)31-20-32-29)25(33-35)14-8-16-37-23-12-6-13-24(17-23)38-19-21-9-4-3-5-10-21/h2-6,9-10,12-13,17,20,22H,1,7,11,15-16,18-19H2,(H2,30,31,32)/t22-/m1/s1. The number of aromatic nitrogens is 4. The predicted octanol–water partition coefficient (Wildman–Crippen LogP) is 3.77. The third kappa shape index (κ3) is 5.60. The highest BCUT2D eigenvalue weighted by molar-refractivity contribution is 5.90. The predicted molar refractivity (Wildman–Crippen MR) is 144 cm³/mol. The van der Waals surface area contributed by atoms with E-state index >= 15 is 0 Å². The lowest BCUT2D eigenvalue weighted by molar-refractivity contribution is -0.127. The summed E-state index contributed by atoms with van der Waals surface area (Å²) in [5, 5.41) is 5.33. The Hall–Kier alpha value is -4.84. The van der Waals surface area contributed by atoms with Crippen molar-refractivity contribution in [3.8, 4) is 23.3 Å². The Bertz CT molecular complexity index is 1510. The van der Waals surface area contributed by atoms with Gasteiger partial charge in [0.05, 0.1) is 11.4 Å². The number of benzene rings is 2. The molecule has 1 fully saturated rings. The van der Waals surface area contributed by atoms with Crippen LogP contribution in [-0.4, -0.2) is 50.3 Å². The molecule has 1 atom stereocenters. The van der Waals surface area contributed by atoms with E-state index in [1.165, 1.54) is 12.4 Å². The molecule has 0 aliphatic carbocycles. The van der Waals surface area contributed by atoms with E-state index in [0.29, 0.717) is 53.7 Å². The molecular weight excluding hydrogens is 480 g/mol. The Morgan fingerprint density at radius 2 is 1.95 bits per heavy atom. The minimum absolute atomic E-state index is 0.0464. The van der Waals surface area contributed by atoms with Crippen LogP contribution >= 0.6 is 0 Å². The maximum absolute atomic E-state index is 12.2. The van der Waals surface area contributed by atoms with Crippen LogP contribution in [0, 0.1) is 11.8 Å². The molecule has 4 aromatic rings. The number of piperidine rings is 1. The number of likely N-dealkylation sites (tertiary alicyclic amines) is 1. The number of amides is 1. The molecule has 1 aliphatic rings. The van der Waals surface area contributed by atoms with Gasteiger partial charge in [-0.2, -0.15) is 5.10 Å². The summed E-state index contributed by atoms with van der Waals surface area (Å²) in [6.07, 6.45) is 4.47. The number of fused-ring (bicyclic) bond motifs is 1. The van der Waals surface area contributed by atoms with Crippen LogP contribution in [0.3, 0.4) is 0 Å². The van der Waals surface area contributed by atoms with Gasteiger partial charge in [-0.05, 0) is 42.5 Å². The van der Waals surface area contributed by atoms with Gasteiger partial charge in [-0.1, -0.05) is 48.9 Å². The van der Waals surface area contributed by atoms with Crippen LogP contribution < -0.4 is 15.2 Å². The fraction of sp³-hybridized carbons (Fsp3) is 0.241. The second-order valence-electron chi connectivity index (χ2n) is 8.87. The molecular formula is C29H28N6O3. The zero-order chi connectivity index (χ0) is 26.3. The third-order valence-corrected chi connectivity index (χ3v) is 6.32. The minimum Gasteiger partial charge on any atom is -0.489 e. The number of rotatable bonds is 7. The van der Waals surface area contributed by atoms with Crippen molar-refractivity contribution in [2.75, 3.05) is 25.4 Å². The molecule has 2 aromatic carbocycles. The van der Waals surface area contributed by atoms with Gasteiger partial charge in [-0.25, -0.2) is 14.6 Å². The highest BCUT2D eigenvalue weighted by Gasteiger charge is 2.27. The molecule has 192 valence electrons. The van der Waals surface area contributed by atoms with Crippen molar-refractivity contribution in [2.24, 2.45) is 0 Å². The number of anilines is 1. The quantitative estimate of drug-likeness (QED) is 0.299. The first kappa shape index (κ1) is 24.8. The van der Waals surface area contributed by atoms with Gasteiger partial charge in [-0.3, -0.25) is 4.79 Å². The summed E-state index contributed by atoms with van der Waals surface area (Å²) in [5.74, 6) is 7.67. The van der Waals surface area contributed by atoms with E-state index < -0.39 is 0 Å². The first-order valence-electron chi connectivity index (χ1n) is 12.4. The fourth-order valence-electron chi connectivity index (χ4n) is 4.46. The molecule has 1 aliphatic heterocycles. The third-order valence-electron chi connectivity index (χ3n) is 6.32. The van der Waals surface area contributed by atoms with Crippen LogP contribution in [0.1, 0.15) is 30.1 Å². The summed E-state index contributed by atoms with van der Waals surface area (Å²) in [6, 6.07) is 17.4. The van der Waals surface area contributed by atoms with Crippen molar-refractivity contribution in [1.29, 1.82) is 0 Å². The fourth-order valence-corrected chi connectivity index (χ4v) is 4.46. The topological polar surface area (TPSA) is 108 Å². The molecule has 38 heavy (non-hydrogen) atoms. The highest BCUT2D eigenvalue weighted by atomic mass is 16.5. The van der Waals surface area contributed by atoms with E-state index in [1.54, 1.807) is 4.90 Å². The molecule has 0 bridgehead atoms. The van der Waals surface area contributed by atoms with Crippen LogP contribution in [0.4, 0.5) is 5.82 Å². The molecule has 9 nitrogen and oxygen atoms in total. The van der Waals surface area contributed by atoms with Gasteiger partial charge in [0, 0.05) is 19.2 Å². The van der Waals surface area contributed by atoms with Crippen LogP contribution in [0.15, 0.2) is 73.6 Å². The second kappa shape index (κ2) is 11.5. The first-order chi connectivity index (χ1) is 18.6. The van der Waals surface area contributed by atoms with E-state index in [2.05, 4.69) is 28.4 Å². The van der Waals surface area contributed by atoms with Gasteiger partial charge in [0.25, 0.3) is 0 Å². The molecule has 1 saturated heterocycles. The molecule has 3 heterocycles. The molecule has 0 saturated carbocycles. The summed E-state index contributed by atoms with van der Waals surface area (Å²) in [4.78, 5) is 22.5. The summed E-state index contributed by atoms with van der Waals surface area (Å²) >= 11 is 0. The van der Waals surface area contributed by atoms with Crippen molar-refractivity contribution < 1.29 is 14.3 Å². The summed E-state index contributed by atoms with van der Waals surface area (Å²) in [7, 11) is 0. The van der Waals surface area contributed by atoms with E-state index in [4.69, 9.17) is 20.3 Å². The van der Waals surface area contributed by atoms with E-state index in [9.17, 15) is 4.79 Å². The van der Waals surface area contributed by atoms with Gasteiger partial charge in [0.15, 0.2) is 5.65 Å².